The number of hydrogen-bond acceptors (Lipinski definition) is 5. The first-order valence-corrected chi connectivity index (χ1v) is 10.3. The lowest BCUT2D eigenvalue weighted by Gasteiger charge is -2.15. The summed E-state index contributed by atoms with van der Waals surface area (Å²) < 4.78 is 11.0. The van der Waals surface area contributed by atoms with Gasteiger partial charge in [-0.15, -0.1) is 11.3 Å². The molecule has 0 fully saturated rings. The topological polar surface area (TPSA) is 64.6 Å². The molecule has 4 rings (SSSR count). The highest BCUT2D eigenvalue weighted by Crippen LogP contribution is 2.47. The van der Waals surface area contributed by atoms with E-state index in [2.05, 4.69) is 11.4 Å². The van der Waals surface area contributed by atoms with Gasteiger partial charge >= 0.3 is 5.97 Å². The normalized spacial score (nSPS) is 12.6. The number of amides is 1. The second-order valence-corrected chi connectivity index (χ2v) is 7.75. The number of fused-ring (bicyclic) bond motifs is 3. The number of esters is 1. The summed E-state index contributed by atoms with van der Waals surface area (Å²) in [6, 6.07) is 17.2. The Bertz CT molecular complexity index is 1060. The van der Waals surface area contributed by atoms with Crippen LogP contribution in [0.2, 0.25) is 0 Å². The van der Waals surface area contributed by atoms with E-state index >= 15 is 0 Å². The third-order valence-corrected chi connectivity index (χ3v) is 5.96. The molecule has 0 aliphatic heterocycles. The Hall–Kier alpha value is -3.12. The number of benzene rings is 2. The Balaban J connectivity index is 1.62. The van der Waals surface area contributed by atoms with Crippen molar-refractivity contribution in [2.24, 2.45) is 0 Å². The molecular weight excluding hydrogens is 386 g/mol. The van der Waals surface area contributed by atoms with E-state index in [4.69, 9.17) is 9.47 Å². The first-order chi connectivity index (χ1) is 14.1. The number of rotatable bonds is 6. The van der Waals surface area contributed by atoms with Crippen molar-refractivity contribution in [1.82, 2.24) is 0 Å². The van der Waals surface area contributed by atoms with Crippen molar-refractivity contribution in [2.75, 3.05) is 11.9 Å². The van der Waals surface area contributed by atoms with E-state index in [1.165, 1.54) is 16.9 Å². The second kappa shape index (κ2) is 8.09. The molecule has 6 heteroatoms. The SMILES string of the molecule is CCOC(=O)c1c(NC(=O)[C@@H](C)Oc2ccccc2)sc2c1Cc1ccccc1-2. The van der Waals surface area contributed by atoms with Crippen molar-refractivity contribution in [3.63, 3.8) is 0 Å². The van der Waals surface area contributed by atoms with Gasteiger partial charge in [0.25, 0.3) is 5.91 Å². The van der Waals surface area contributed by atoms with Crippen molar-refractivity contribution < 1.29 is 19.1 Å². The van der Waals surface area contributed by atoms with Crippen molar-refractivity contribution >= 4 is 28.2 Å². The molecule has 0 unspecified atom stereocenters. The van der Waals surface area contributed by atoms with Crippen LogP contribution in [-0.2, 0) is 16.0 Å². The third-order valence-electron chi connectivity index (χ3n) is 4.78. The predicted molar refractivity (Wildman–Crippen MR) is 114 cm³/mol. The molecule has 0 saturated carbocycles. The van der Waals surface area contributed by atoms with Crippen LogP contribution >= 0.6 is 11.3 Å². The summed E-state index contributed by atoms with van der Waals surface area (Å²) in [5, 5.41) is 3.39. The second-order valence-electron chi connectivity index (χ2n) is 6.73. The number of para-hydroxylation sites is 1. The molecule has 148 valence electrons. The van der Waals surface area contributed by atoms with E-state index in [-0.39, 0.29) is 12.5 Å². The van der Waals surface area contributed by atoms with Crippen LogP contribution < -0.4 is 10.1 Å². The van der Waals surface area contributed by atoms with Crippen molar-refractivity contribution in [2.45, 2.75) is 26.4 Å². The molecule has 5 nitrogen and oxygen atoms in total. The largest absolute Gasteiger partial charge is 0.481 e. The summed E-state index contributed by atoms with van der Waals surface area (Å²) in [7, 11) is 0. The van der Waals surface area contributed by atoms with Crippen molar-refractivity contribution in [3.8, 4) is 16.2 Å². The molecule has 3 aromatic rings. The molecule has 29 heavy (non-hydrogen) atoms. The number of ether oxygens (including phenoxy) is 2. The average Bonchev–Trinajstić information content (AvgIpc) is 3.24. The maximum Gasteiger partial charge on any atom is 0.341 e. The molecule has 1 aliphatic carbocycles. The first-order valence-electron chi connectivity index (χ1n) is 9.52. The van der Waals surface area contributed by atoms with Gasteiger partial charge in [0.1, 0.15) is 10.8 Å². The zero-order valence-corrected chi connectivity index (χ0v) is 17.0. The van der Waals surface area contributed by atoms with E-state index < -0.39 is 12.1 Å². The number of hydrogen-bond donors (Lipinski definition) is 1. The Kier molecular flexibility index (Phi) is 5.36. The zero-order valence-electron chi connectivity index (χ0n) is 16.2. The lowest BCUT2D eigenvalue weighted by molar-refractivity contribution is -0.122. The van der Waals surface area contributed by atoms with Gasteiger partial charge in [-0.25, -0.2) is 4.79 Å². The van der Waals surface area contributed by atoms with Gasteiger partial charge in [-0.1, -0.05) is 42.5 Å². The molecule has 1 N–H and O–H groups in total. The van der Waals surface area contributed by atoms with Gasteiger partial charge in [0.05, 0.1) is 12.2 Å². The molecule has 0 bridgehead atoms. The summed E-state index contributed by atoms with van der Waals surface area (Å²) in [5.41, 5.74) is 3.65. The monoisotopic (exact) mass is 407 g/mol. The number of thiophene rings is 1. The van der Waals surface area contributed by atoms with Crippen LogP contribution in [0.25, 0.3) is 10.4 Å². The molecule has 0 saturated heterocycles. The van der Waals surface area contributed by atoms with E-state index in [1.54, 1.807) is 26.0 Å². The fraction of sp³-hybridized carbons (Fsp3) is 0.217. The predicted octanol–water partition coefficient (Wildman–Crippen LogP) is 4.90. The molecule has 1 atom stereocenters. The Morgan fingerprint density at radius 2 is 1.83 bits per heavy atom. The van der Waals surface area contributed by atoms with E-state index in [0.717, 1.165) is 16.0 Å². The lowest BCUT2D eigenvalue weighted by atomic mass is 10.1. The van der Waals surface area contributed by atoms with Crippen molar-refractivity contribution in [3.05, 3.63) is 71.3 Å². The minimum absolute atomic E-state index is 0.275. The van der Waals surface area contributed by atoms with Crippen LogP contribution in [0, 0.1) is 0 Å². The minimum Gasteiger partial charge on any atom is -0.481 e. The van der Waals surface area contributed by atoms with E-state index in [1.807, 2.05) is 36.4 Å². The van der Waals surface area contributed by atoms with Gasteiger partial charge < -0.3 is 14.8 Å². The Labute approximate surface area is 173 Å². The molecule has 1 heterocycles. The number of carbonyl (C=O) groups is 2. The zero-order chi connectivity index (χ0) is 20.4. The molecule has 1 aromatic heterocycles. The number of anilines is 1. The van der Waals surface area contributed by atoms with Gasteiger partial charge in [0.2, 0.25) is 0 Å². The highest BCUT2D eigenvalue weighted by Gasteiger charge is 2.32. The molecule has 1 aliphatic rings. The third kappa shape index (κ3) is 3.76. The number of nitrogens with one attached hydrogen (secondary N) is 1. The quantitative estimate of drug-likeness (QED) is 0.462. The van der Waals surface area contributed by atoms with Crippen LogP contribution in [0.1, 0.15) is 35.3 Å². The van der Waals surface area contributed by atoms with Crippen LogP contribution in [0.5, 0.6) is 5.75 Å². The van der Waals surface area contributed by atoms with Crippen LogP contribution in [-0.4, -0.2) is 24.6 Å². The standard InChI is InChI=1S/C23H21NO4S/c1-3-27-23(26)19-18-13-15-9-7-8-12-17(15)20(18)29-22(19)24-21(25)14(2)28-16-10-5-4-6-11-16/h4-12,14H,3,13H2,1-2H3,(H,24,25)/t14-/m1/s1. The van der Waals surface area contributed by atoms with E-state index in [0.29, 0.717) is 22.7 Å². The maximum absolute atomic E-state index is 12.7. The van der Waals surface area contributed by atoms with Gasteiger partial charge in [0, 0.05) is 11.3 Å². The Morgan fingerprint density at radius 1 is 1.10 bits per heavy atom. The van der Waals surface area contributed by atoms with Gasteiger partial charge in [-0.3, -0.25) is 4.79 Å². The fourth-order valence-electron chi connectivity index (χ4n) is 3.42. The van der Waals surface area contributed by atoms with Gasteiger partial charge in [0.15, 0.2) is 6.10 Å². The van der Waals surface area contributed by atoms with E-state index in [9.17, 15) is 9.59 Å². The van der Waals surface area contributed by atoms with Crippen LogP contribution in [0.3, 0.4) is 0 Å². The maximum atomic E-state index is 12.7. The molecule has 2 aromatic carbocycles. The van der Waals surface area contributed by atoms with Crippen molar-refractivity contribution in [1.29, 1.82) is 0 Å². The van der Waals surface area contributed by atoms with Crippen LogP contribution in [0.4, 0.5) is 5.00 Å². The summed E-state index contributed by atoms with van der Waals surface area (Å²) in [6.45, 7) is 3.73. The summed E-state index contributed by atoms with van der Waals surface area (Å²) >= 11 is 1.41. The molecule has 0 radical (unpaired) electrons. The molecule has 0 spiro atoms. The van der Waals surface area contributed by atoms with Gasteiger partial charge in [-0.05, 0) is 42.7 Å². The minimum atomic E-state index is -0.711. The summed E-state index contributed by atoms with van der Waals surface area (Å²) in [4.78, 5) is 26.4. The van der Waals surface area contributed by atoms with Gasteiger partial charge in [-0.2, -0.15) is 0 Å². The molecule has 1 amide bonds. The first kappa shape index (κ1) is 19.2. The average molecular weight is 407 g/mol. The highest BCUT2D eigenvalue weighted by molar-refractivity contribution is 7.20. The highest BCUT2D eigenvalue weighted by atomic mass is 32.1. The summed E-state index contributed by atoms with van der Waals surface area (Å²) in [5.74, 6) is -0.110. The van der Waals surface area contributed by atoms with Crippen LogP contribution in [0.15, 0.2) is 54.6 Å². The number of carbonyl (C=O) groups excluding carboxylic acids is 2. The summed E-state index contributed by atoms with van der Waals surface area (Å²) in [6.07, 6.45) is -0.0566. The Morgan fingerprint density at radius 3 is 2.59 bits per heavy atom. The fourth-order valence-corrected chi connectivity index (χ4v) is 4.69. The smallest absolute Gasteiger partial charge is 0.341 e. The lowest BCUT2D eigenvalue weighted by Crippen LogP contribution is -2.30. The molecular formula is C23H21NO4S.